The number of ether oxygens (including phenoxy) is 6. The number of aliphatic carboxylic acids is 1. The molecule has 28 nitrogen and oxygen atoms in total. The first-order valence-corrected chi connectivity index (χ1v) is 33.8. The third-order valence-corrected chi connectivity index (χ3v) is 19.1. The quantitative estimate of drug-likeness (QED) is 0.0720. The van der Waals surface area contributed by atoms with Gasteiger partial charge < -0.3 is 105 Å². The Kier molecular flexibility index (Phi) is 33.0. The number of hydrogen-bond acceptors (Lipinski definition) is 25. The fraction of sp³-hybridized carbons (Fsp3) is 0.734. The molecular weight excluding hydrogens is 1240 g/mol. The molecule has 1 amide bonds. The number of esters is 1. The molecule has 29 heteroatoms. The molecule has 0 aromatic carbocycles. The molecule has 0 spiro atoms. The standard InChI is InChI=1S/C64H103N3O25S/c1-38-21-17-14-12-10-8-6-7-9-11-13-15-18-22-45(34-49-53(61(82)83)48(73)36-64(84,92-49)35-44(70)32-47(72)46(71)25-24-42(68)31-43(69)33-52(75)88-40(3)39(2)55(38)76)90-63-58(79)54(56(77)41(4)89-63)67-29-27-66(28-30-67)51(74)23-19-16-20-26-65-93(85,86)37-50-57(78)59(80)60(81)62(87-5)91-50/h6-15,17-18,21-22,38-50,53-60,62-63,65,68-73,76-81,84H,16,19-20,23-37H2,1-5H3,(H,82,83)/t38-,39-,40-,41+,42+,43+,44-,45-,46+,47+,48-,49-,50+,53+,54-,55+,56+,57+,58-,59-,60+,62-,63-,64+/m0/s1. The average molecular weight is 1350 g/mol. The number of piperazine rings is 1. The van der Waals surface area contributed by atoms with Crippen molar-refractivity contribution in [1.82, 2.24) is 14.5 Å². The van der Waals surface area contributed by atoms with Crippen LogP contribution in [0, 0.1) is 17.8 Å². The van der Waals surface area contributed by atoms with Crippen molar-refractivity contribution in [3.8, 4) is 0 Å². The smallest absolute Gasteiger partial charge is 0.311 e. The molecule has 15 N–H and O–H groups in total. The van der Waals surface area contributed by atoms with Crippen LogP contribution >= 0.6 is 0 Å². The number of aliphatic hydroxyl groups is 13. The van der Waals surface area contributed by atoms with Gasteiger partial charge in [0.15, 0.2) is 18.4 Å². The average Bonchev–Trinajstić information content (AvgIpc) is 0.819. The minimum Gasteiger partial charge on any atom is -0.481 e. The van der Waals surface area contributed by atoms with E-state index in [2.05, 4.69) is 4.72 Å². The number of fused-ring (bicyclic) bond motifs is 2. The van der Waals surface area contributed by atoms with Crippen LogP contribution in [0.4, 0.5) is 0 Å². The molecule has 0 radical (unpaired) electrons. The lowest BCUT2D eigenvalue weighted by Gasteiger charge is -2.49. The molecule has 0 saturated carbocycles. The summed E-state index contributed by atoms with van der Waals surface area (Å²) in [6.07, 6.45) is -4.09. The van der Waals surface area contributed by atoms with E-state index >= 15 is 0 Å². The van der Waals surface area contributed by atoms with E-state index in [1.165, 1.54) is 13.2 Å². The van der Waals surface area contributed by atoms with Gasteiger partial charge in [0.25, 0.3) is 0 Å². The lowest BCUT2D eigenvalue weighted by Crippen LogP contribution is -2.66. The Balaban J connectivity index is 1.26. The number of amides is 1. The van der Waals surface area contributed by atoms with E-state index < -0.39 is 200 Å². The topological polar surface area (TPSA) is 442 Å². The van der Waals surface area contributed by atoms with Crippen molar-refractivity contribution in [2.75, 3.05) is 45.6 Å². The van der Waals surface area contributed by atoms with E-state index in [0.717, 1.165) is 0 Å². The van der Waals surface area contributed by atoms with E-state index in [1.807, 2.05) is 17.9 Å². The number of carboxylic acid groups (broad SMARTS) is 1. The zero-order chi connectivity index (χ0) is 68.7. The maximum atomic E-state index is 13.4. The SMILES string of the molecule is CO[C@H]1O[C@H](CS(=O)(=O)NCCCCCC(=O)N2CCN([C@@H]3[C@H](O)[C@H](O[C@H]4C=CC=CC=CC=CC=CC=CC=C[C@H](C)[C@@H](O)[C@@H](C)[C@H](C)OC(=O)C[C@H](O)C[C@H](O)CC[C@@H](O)[C@H](O)C[C@H](O)C[C@]5(O)C[C@H](O)[C@@H](C(=O)O)[C@H](C4)O5)O[C@H](C)[C@H]3O)CC2)[C@@H](O)[C@H](O)[C@H]1O. The molecule has 5 aliphatic heterocycles. The molecule has 0 aromatic heterocycles. The summed E-state index contributed by atoms with van der Waals surface area (Å²) in [5.74, 6) is -7.98. The third kappa shape index (κ3) is 25.3. The normalized spacial score (nSPS) is 39.4. The summed E-state index contributed by atoms with van der Waals surface area (Å²) in [7, 11) is -2.80. The lowest BCUT2D eigenvalue weighted by atomic mass is 9.82. The van der Waals surface area contributed by atoms with Gasteiger partial charge in [-0.25, -0.2) is 13.1 Å². The van der Waals surface area contributed by atoms with Gasteiger partial charge in [-0.2, -0.15) is 0 Å². The molecule has 5 rings (SSSR count). The fourth-order valence-electron chi connectivity index (χ4n) is 12.1. The summed E-state index contributed by atoms with van der Waals surface area (Å²) in [5.41, 5.74) is 0. The van der Waals surface area contributed by atoms with Gasteiger partial charge in [0.1, 0.15) is 42.5 Å². The summed E-state index contributed by atoms with van der Waals surface area (Å²) in [6.45, 7) is 7.68. The van der Waals surface area contributed by atoms with Gasteiger partial charge in [-0.05, 0) is 46.0 Å². The number of carboxylic acids is 1. The summed E-state index contributed by atoms with van der Waals surface area (Å²) in [5, 5.41) is 153. The van der Waals surface area contributed by atoms with Crippen LogP contribution in [0.25, 0.3) is 0 Å². The number of nitrogens with one attached hydrogen (secondary N) is 1. The number of carbonyl (C=O) groups excluding carboxylic acids is 2. The Morgan fingerprint density at radius 1 is 0.634 bits per heavy atom. The van der Waals surface area contributed by atoms with Gasteiger partial charge in [0, 0.05) is 83.8 Å². The number of hydrogen-bond donors (Lipinski definition) is 15. The van der Waals surface area contributed by atoms with E-state index in [0.29, 0.717) is 19.3 Å². The molecule has 4 saturated heterocycles. The van der Waals surface area contributed by atoms with Crippen LogP contribution in [0.15, 0.2) is 85.1 Å². The van der Waals surface area contributed by atoms with Crippen molar-refractivity contribution in [1.29, 1.82) is 0 Å². The number of aliphatic hydroxyl groups excluding tert-OH is 12. The minimum absolute atomic E-state index is 0.0220. The number of nitrogens with zero attached hydrogens (tertiary/aromatic N) is 2. The summed E-state index contributed by atoms with van der Waals surface area (Å²) < 4.78 is 62.3. The lowest BCUT2D eigenvalue weighted by molar-refractivity contribution is -0.312. The summed E-state index contributed by atoms with van der Waals surface area (Å²) >= 11 is 0. The zero-order valence-electron chi connectivity index (χ0n) is 53.6. The molecular formula is C64H103N3O25S. The molecule has 530 valence electrons. The number of carbonyl (C=O) groups is 3. The van der Waals surface area contributed by atoms with Crippen LogP contribution in [0.2, 0.25) is 0 Å². The molecule has 0 aliphatic carbocycles. The Hall–Kier alpha value is -4.26. The van der Waals surface area contributed by atoms with Crippen molar-refractivity contribution in [2.24, 2.45) is 17.8 Å². The predicted octanol–water partition coefficient (Wildman–Crippen LogP) is -1.17. The predicted molar refractivity (Wildman–Crippen MR) is 335 cm³/mol. The maximum absolute atomic E-state index is 13.4. The molecule has 5 aliphatic rings. The highest BCUT2D eigenvalue weighted by Crippen LogP contribution is 2.39. The molecule has 5 heterocycles. The Morgan fingerprint density at radius 2 is 1.25 bits per heavy atom. The van der Waals surface area contributed by atoms with Gasteiger partial charge in [-0.15, -0.1) is 0 Å². The summed E-state index contributed by atoms with van der Waals surface area (Å²) in [4.78, 5) is 42.4. The van der Waals surface area contributed by atoms with Gasteiger partial charge in [-0.3, -0.25) is 19.3 Å². The number of allylic oxidation sites excluding steroid dienone is 12. The van der Waals surface area contributed by atoms with Crippen molar-refractivity contribution >= 4 is 27.9 Å². The van der Waals surface area contributed by atoms with Crippen LogP contribution in [0.1, 0.15) is 105 Å². The van der Waals surface area contributed by atoms with Crippen molar-refractivity contribution in [3.63, 3.8) is 0 Å². The van der Waals surface area contributed by atoms with Gasteiger partial charge in [-0.1, -0.05) is 105 Å². The molecule has 4 fully saturated rings. The van der Waals surface area contributed by atoms with Crippen molar-refractivity contribution < 1.29 is 123 Å². The van der Waals surface area contributed by atoms with Crippen molar-refractivity contribution in [3.05, 3.63) is 85.1 Å². The number of sulfonamides is 1. The van der Waals surface area contributed by atoms with Crippen LogP contribution in [-0.4, -0.2) is 281 Å². The Labute approximate surface area is 544 Å². The van der Waals surface area contributed by atoms with Crippen LogP contribution in [0.5, 0.6) is 0 Å². The van der Waals surface area contributed by atoms with E-state index in [4.69, 9.17) is 28.4 Å². The second-order valence-corrected chi connectivity index (χ2v) is 27.0. The van der Waals surface area contributed by atoms with Gasteiger partial charge >= 0.3 is 11.9 Å². The largest absolute Gasteiger partial charge is 0.481 e. The number of cyclic esters (lactones) is 1. The van der Waals surface area contributed by atoms with E-state index in [1.54, 1.807) is 98.6 Å². The number of unbranched alkanes of at least 4 members (excludes halogenated alkanes) is 2. The second kappa shape index (κ2) is 38.6. The minimum atomic E-state index is -4.00. The zero-order valence-corrected chi connectivity index (χ0v) is 54.5. The Bertz CT molecular complexity index is 2620. The molecule has 24 atom stereocenters. The van der Waals surface area contributed by atoms with Gasteiger partial charge in [0.2, 0.25) is 15.9 Å². The maximum Gasteiger partial charge on any atom is 0.311 e. The monoisotopic (exact) mass is 1350 g/mol. The highest BCUT2D eigenvalue weighted by molar-refractivity contribution is 7.89. The molecule has 2 bridgehead atoms. The number of rotatable bonds is 14. The van der Waals surface area contributed by atoms with E-state index in [9.17, 15) is 94.3 Å². The first kappa shape index (κ1) is 79.4. The third-order valence-electron chi connectivity index (χ3n) is 17.7. The van der Waals surface area contributed by atoms with Crippen LogP contribution in [-0.2, 0) is 52.8 Å². The number of methoxy groups -OCH3 is 1. The first-order chi connectivity index (χ1) is 43.9. The summed E-state index contributed by atoms with van der Waals surface area (Å²) in [6, 6.07) is -0.993. The highest BCUT2D eigenvalue weighted by Gasteiger charge is 2.52. The van der Waals surface area contributed by atoms with Crippen molar-refractivity contribution in [2.45, 2.75) is 233 Å². The molecule has 93 heavy (non-hydrogen) atoms. The second-order valence-electron chi connectivity index (χ2n) is 25.1. The first-order valence-electron chi connectivity index (χ1n) is 32.1. The van der Waals surface area contributed by atoms with Crippen LogP contribution in [0.3, 0.4) is 0 Å². The molecule has 0 unspecified atom stereocenters. The highest BCUT2D eigenvalue weighted by atomic mass is 32.2. The van der Waals surface area contributed by atoms with Crippen LogP contribution < -0.4 is 4.72 Å². The van der Waals surface area contributed by atoms with Gasteiger partial charge in [0.05, 0.1) is 85.4 Å². The molecule has 0 aromatic rings. The fourth-order valence-corrected chi connectivity index (χ4v) is 13.4. The Morgan fingerprint density at radius 3 is 1.86 bits per heavy atom. The van der Waals surface area contributed by atoms with E-state index in [-0.39, 0.29) is 70.2 Å².